The summed E-state index contributed by atoms with van der Waals surface area (Å²) in [6.07, 6.45) is 3.88. The van der Waals surface area contributed by atoms with Crippen molar-refractivity contribution in [1.29, 1.82) is 0 Å². The summed E-state index contributed by atoms with van der Waals surface area (Å²) >= 11 is 0. The molecule has 1 nitrogen and oxygen atoms in total. The van der Waals surface area contributed by atoms with Gasteiger partial charge in [-0.2, -0.15) is 0 Å². The normalized spacial score (nSPS) is 26.4. The van der Waals surface area contributed by atoms with Crippen molar-refractivity contribution in [2.75, 3.05) is 6.54 Å². The summed E-state index contributed by atoms with van der Waals surface area (Å²) in [5, 5.41) is 0. The lowest BCUT2D eigenvalue weighted by atomic mass is 9.65. The van der Waals surface area contributed by atoms with Crippen LogP contribution in [-0.2, 0) is 6.42 Å². The Morgan fingerprint density at radius 3 is 2.68 bits per heavy atom. The highest BCUT2D eigenvalue weighted by Gasteiger charge is 2.34. The fourth-order valence-corrected chi connectivity index (χ4v) is 3.32. The molecular weight excluding hydrogens is 244 g/mol. The van der Waals surface area contributed by atoms with Gasteiger partial charge in [-0.15, -0.1) is 0 Å². The highest BCUT2D eigenvalue weighted by Crippen LogP contribution is 2.43. The van der Waals surface area contributed by atoms with Gasteiger partial charge in [-0.25, -0.2) is 8.78 Å². The number of nitrogens with two attached hydrogens (primary N) is 1. The van der Waals surface area contributed by atoms with Gasteiger partial charge in [-0.1, -0.05) is 13.8 Å². The molecule has 1 fully saturated rings. The van der Waals surface area contributed by atoms with Gasteiger partial charge in [0.05, 0.1) is 0 Å². The third-order valence-electron chi connectivity index (χ3n) is 4.47. The number of rotatable bonds is 3. The highest BCUT2D eigenvalue weighted by atomic mass is 19.1. The molecule has 106 valence electrons. The van der Waals surface area contributed by atoms with Crippen molar-refractivity contribution in [3.8, 4) is 0 Å². The van der Waals surface area contributed by atoms with E-state index in [0.717, 1.165) is 19.3 Å². The second-order valence-corrected chi connectivity index (χ2v) is 6.60. The molecule has 0 aromatic heterocycles. The van der Waals surface area contributed by atoms with Crippen molar-refractivity contribution in [1.82, 2.24) is 0 Å². The highest BCUT2D eigenvalue weighted by molar-refractivity contribution is 5.19. The van der Waals surface area contributed by atoms with Gasteiger partial charge < -0.3 is 5.73 Å². The van der Waals surface area contributed by atoms with E-state index in [0.29, 0.717) is 30.4 Å². The molecule has 2 unspecified atom stereocenters. The third-order valence-corrected chi connectivity index (χ3v) is 4.47. The SMILES string of the molecule is CC1(C)CCC(CN)C(Cc2cc(F)ccc2F)C1. The van der Waals surface area contributed by atoms with Crippen molar-refractivity contribution >= 4 is 0 Å². The topological polar surface area (TPSA) is 26.0 Å². The molecule has 1 aromatic rings. The van der Waals surface area contributed by atoms with E-state index in [1.165, 1.54) is 18.2 Å². The second kappa shape index (κ2) is 5.58. The molecule has 0 aliphatic heterocycles. The molecule has 1 saturated carbocycles. The average Bonchev–Trinajstić information content (AvgIpc) is 2.33. The summed E-state index contributed by atoms with van der Waals surface area (Å²) in [7, 11) is 0. The summed E-state index contributed by atoms with van der Waals surface area (Å²) in [5.74, 6) is 0.108. The number of hydrogen-bond donors (Lipinski definition) is 1. The number of halogens is 2. The van der Waals surface area contributed by atoms with Crippen LogP contribution in [0.3, 0.4) is 0 Å². The summed E-state index contributed by atoms with van der Waals surface area (Å²) in [6, 6.07) is 3.71. The second-order valence-electron chi connectivity index (χ2n) is 6.60. The molecule has 0 radical (unpaired) electrons. The Morgan fingerprint density at radius 2 is 2.00 bits per heavy atom. The van der Waals surface area contributed by atoms with E-state index in [-0.39, 0.29) is 17.0 Å². The molecule has 0 spiro atoms. The Bertz CT molecular complexity index is 442. The first-order valence-corrected chi connectivity index (χ1v) is 7.05. The van der Waals surface area contributed by atoms with Crippen LogP contribution in [0, 0.1) is 28.9 Å². The number of hydrogen-bond acceptors (Lipinski definition) is 1. The summed E-state index contributed by atoms with van der Waals surface area (Å²) in [4.78, 5) is 0. The van der Waals surface area contributed by atoms with Crippen LogP contribution in [0.4, 0.5) is 8.78 Å². The molecule has 1 aliphatic carbocycles. The van der Waals surface area contributed by atoms with Gasteiger partial charge >= 0.3 is 0 Å². The van der Waals surface area contributed by atoms with Crippen LogP contribution >= 0.6 is 0 Å². The van der Waals surface area contributed by atoms with Crippen molar-refractivity contribution < 1.29 is 8.78 Å². The van der Waals surface area contributed by atoms with Gasteiger partial charge in [0.2, 0.25) is 0 Å². The fraction of sp³-hybridized carbons (Fsp3) is 0.625. The van der Waals surface area contributed by atoms with Crippen LogP contribution in [0.1, 0.15) is 38.7 Å². The first kappa shape index (κ1) is 14.4. The summed E-state index contributed by atoms with van der Waals surface area (Å²) < 4.78 is 27.0. The minimum atomic E-state index is -0.365. The predicted molar refractivity (Wildman–Crippen MR) is 73.7 cm³/mol. The van der Waals surface area contributed by atoms with Crippen LogP contribution in [0.25, 0.3) is 0 Å². The third kappa shape index (κ3) is 3.53. The minimum absolute atomic E-state index is 0.278. The van der Waals surface area contributed by atoms with Gasteiger partial charge in [0, 0.05) is 0 Å². The van der Waals surface area contributed by atoms with Crippen molar-refractivity contribution in [2.24, 2.45) is 23.0 Å². The van der Waals surface area contributed by atoms with E-state index in [9.17, 15) is 8.78 Å². The Labute approximate surface area is 114 Å². The Hall–Kier alpha value is -0.960. The van der Waals surface area contributed by atoms with E-state index in [1.807, 2.05) is 0 Å². The molecule has 0 bridgehead atoms. The Kier molecular flexibility index (Phi) is 4.24. The molecule has 1 aliphatic rings. The van der Waals surface area contributed by atoms with E-state index >= 15 is 0 Å². The van der Waals surface area contributed by atoms with E-state index in [1.54, 1.807) is 0 Å². The molecule has 2 rings (SSSR count). The zero-order chi connectivity index (χ0) is 14.0. The molecule has 3 heteroatoms. The van der Waals surface area contributed by atoms with Crippen LogP contribution in [0.2, 0.25) is 0 Å². The zero-order valence-electron chi connectivity index (χ0n) is 11.8. The largest absolute Gasteiger partial charge is 0.330 e. The molecule has 2 N–H and O–H groups in total. The van der Waals surface area contributed by atoms with Crippen molar-refractivity contribution in [3.05, 3.63) is 35.4 Å². The quantitative estimate of drug-likeness (QED) is 0.883. The summed E-state index contributed by atoms with van der Waals surface area (Å²) in [6.45, 7) is 5.13. The molecule has 0 heterocycles. The molecule has 1 aromatic carbocycles. The molecule has 19 heavy (non-hydrogen) atoms. The lowest BCUT2D eigenvalue weighted by Crippen LogP contribution is -2.35. The minimum Gasteiger partial charge on any atom is -0.330 e. The maximum absolute atomic E-state index is 13.8. The van der Waals surface area contributed by atoms with E-state index < -0.39 is 0 Å². The first-order valence-electron chi connectivity index (χ1n) is 7.05. The summed E-state index contributed by atoms with van der Waals surface area (Å²) in [5.41, 5.74) is 6.60. The smallest absolute Gasteiger partial charge is 0.126 e. The van der Waals surface area contributed by atoms with Gasteiger partial charge in [0.15, 0.2) is 0 Å². The maximum atomic E-state index is 13.8. The molecule has 2 atom stereocenters. The van der Waals surface area contributed by atoms with Gasteiger partial charge in [-0.05, 0) is 73.2 Å². The van der Waals surface area contributed by atoms with Crippen LogP contribution < -0.4 is 5.73 Å². The van der Waals surface area contributed by atoms with E-state index in [4.69, 9.17) is 5.73 Å². The predicted octanol–water partition coefficient (Wildman–Crippen LogP) is 3.91. The standard InChI is InChI=1S/C16H23F2N/c1-16(2)6-5-11(10-19)13(9-16)7-12-8-14(17)3-4-15(12)18/h3-4,8,11,13H,5-7,9-10,19H2,1-2H3. The van der Waals surface area contributed by atoms with Crippen LogP contribution in [-0.4, -0.2) is 6.54 Å². The fourth-order valence-electron chi connectivity index (χ4n) is 3.32. The van der Waals surface area contributed by atoms with Crippen LogP contribution in [0.5, 0.6) is 0 Å². The Balaban J connectivity index is 2.16. The van der Waals surface area contributed by atoms with E-state index in [2.05, 4.69) is 13.8 Å². The zero-order valence-corrected chi connectivity index (χ0v) is 11.8. The van der Waals surface area contributed by atoms with Crippen LogP contribution in [0.15, 0.2) is 18.2 Å². The lowest BCUT2D eigenvalue weighted by Gasteiger charge is -2.40. The average molecular weight is 267 g/mol. The first-order chi connectivity index (χ1) is 8.91. The maximum Gasteiger partial charge on any atom is 0.126 e. The van der Waals surface area contributed by atoms with Gasteiger partial charge in [0.1, 0.15) is 11.6 Å². The monoisotopic (exact) mass is 267 g/mol. The molecule has 0 saturated heterocycles. The van der Waals surface area contributed by atoms with Crippen molar-refractivity contribution in [2.45, 2.75) is 39.5 Å². The Morgan fingerprint density at radius 1 is 1.26 bits per heavy atom. The molecular formula is C16H23F2N. The van der Waals surface area contributed by atoms with Crippen molar-refractivity contribution in [3.63, 3.8) is 0 Å². The van der Waals surface area contributed by atoms with Gasteiger partial charge in [0.25, 0.3) is 0 Å². The lowest BCUT2D eigenvalue weighted by molar-refractivity contribution is 0.121. The number of benzene rings is 1. The van der Waals surface area contributed by atoms with Gasteiger partial charge in [-0.3, -0.25) is 0 Å². The molecule has 0 amide bonds.